The molecular formula is C11H17N3O. The molecule has 1 aliphatic rings. The van der Waals surface area contributed by atoms with Gasteiger partial charge in [0.15, 0.2) is 0 Å². The van der Waals surface area contributed by atoms with Crippen molar-refractivity contribution in [3.05, 3.63) is 17.8 Å². The Labute approximate surface area is 89.7 Å². The Morgan fingerprint density at radius 1 is 1.67 bits per heavy atom. The first-order valence-electron chi connectivity index (χ1n) is 5.45. The Morgan fingerprint density at radius 2 is 2.53 bits per heavy atom. The topological polar surface area (TPSA) is 50.1 Å². The highest BCUT2D eigenvalue weighted by Crippen LogP contribution is 2.28. The summed E-state index contributed by atoms with van der Waals surface area (Å²) in [6, 6.07) is 0.371. The van der Waals surface area contributed by atoms with Crippen LogP contribution >= 0.6 is 0 Å². The van der Waals surface area contributed by atoms with E-state index >= 15 is 0 Å². The fourth-order valence-corrected chi connectivity index (χ4v) is 1.89. The normalized spacial score (nSPS) is 21.2. The molecular weight excluding hydrogens is 190 g/mol. The van der Waals surface area contributed by atoms with E-state index < -0.39 is 0 Å². The van der Waals surface area contributed by atoms with Crippen molar-refractivity contribution in [3.63, 3.8) is 0 Å². The van der Waals surface area contributed by atoms with E-state index in [1.807, 2.05) is 6.92 Å². The number of hydrogen-bond donors (Lipinski definition) is 2. The van der Waals surface area contributed by atoms with Crippen LogP contribution < -0.4 is 10.6 Å². The number of hydrogen-bond acceptors (Lipinski definition) is 4. The predicted molar refractivity (Wildman–Crippen MR) is 60.7 cm³/mol. The summed E-state index contributed by atoms with van der Waals surface area (Å²) >= 11 is 0. The molecule has 1 aliphatic heterocycles. The maximum Gasteiger partial charge on any atom is 0.232 e. The standard InChI is InChI=1S/C11H17N3O/c1-3-12-11-10(7-14-15-11)9-5-4-6-13-8(9)2/h5,7-8,12-13H,3-4,6H2,1-2H3. The quantitative estimate of drug-likeness (QED) is 0.794. The zero-order valence-electron chi connectivity index (χ0n) is 9.21. The van der Waals surface area contributed by atoms with E-state index in [4.69, 9.17) is 4.52 Å². The van der Waals surface area contributed by atoms with Gasteiger partial charge in [0.25, 0.3) is 0 Å². The summed E-state index contributed by atoms with van der Waals surface area (Å²) in [5.41, 5.74) is 2.36. The van der Waals surface area contributed by atoms with E-state index in [9.17, 15) is 0 Å². The molecule has 0 radical (unpaired) electrons. The van der Waals surface area contributed by atoms with Crippen LogP contribution in [0.3, 0.4) is 0 Å². The second-order valence-electron chi connectivity index (χ2n) is 3.72. The molecule has 2 heterocycles. The molecule has 15 heavy (non-hydrogen) atoms. The van der Waals surface area contributed by atoms with Crippen molar-refractivity contribution in [1.29, 1.82) is 0 Å². The van der Waals surface area contributed by atoms with Crippen LogP contribution in [-0.2, 0) is 0 Å². The third kappa shape index (κ3) is 2.04. The van der Waals surface area contributed by atoms with E-state index in [2.05, 4.69) is 28.8 Å². The van der Waals surface area contributed by atoms with Crippen molar-refractivity contribution in [1.82, 2.24) is 10.5 Å². The fourth-order valence-electron chi connectivity index (χ4n) is 1.89. The van der Waals surface area contributed by atoms with E-state index in [1.165, 1.54) is 5.57 Å². The lowest BCUT2D eigenvalue weighted by Crippen LogP contribution is -2.31. The summed E-state index contributed by atoms with van der Waals surface area (Å²) < 4.78 is 5.18. The summed E-state index contributed by atoms with van der Waals surface area (Å²) in [4.78, 5) is 0. The molecule has 2 rings (SSSR count). The first-order valence-corrected chi connectivity index (χ1v) is 5.45. The maximum absolute atomic E-state index is 5.18. The second-order valence-corrected chi connectivity index (χ2v) is 3.72. The molecule has 4 heteroatoms. The van der Waals surface area contributed by atoms with Gasteiger partial charge >= 0.3 is 0 Å². The summed E-state index contributed by atoms with van der Waals surface area (Å²) in [5.74, 6) is 0.777. The van der Waals surface area contributed by atoms with Crippen molar-refractivity contribution in [2.75, 3.05) is 18.4 Å². The minimum atomic E-state index is 0.371. The summed E-state index contributed by atoms with van der Waals surface area (Å²) in [5, 5.41) is 10.4. The largest absolute Gasteiger partial charge is 0.354 e. The Balaban J connectivity index is 2.27. The van der Waals surface area contributed by atoms with Gasteiger partial charge < -0.3 is 15.2 Å². The average Bonchev–Trinajstić information content (AvgIpc) is 2.67. The third-order valence-corrected chi connectivity index (χ3v) is 2.64. The Bertz CT molecular complexity index is 356. The zero-order valence-corrected chi connectivity index (χ0v) is 9.21. The van der Waals surface area contributed by atoms with Crippen LogP contribution in [0, 0.1) is 0 Å². The van der Waals surface area contributed by atoms with Gasteiger partial charge in [0.2, 0.25) is 5.88 Å². The molecule has 0 fully saturated rings. The molecule has 1 unspecified atom stereocenters. The van der Waals surface area contributed by atoms with Crippen molar-refractivity contribution < 1.29 is 4.52 Å². The van der Waals surface area contributed by atoms with Gasteiger partial charge in [-0.15, -0.1) is 0 Å². The van der Waals surface area contributed by atoms with Crippen LogP contribution in [-0.4, -0.2) is 24.3 Å². The van der Waals surface area contributed by atoms with E-state index in [0.717, 1.165) is 31.0 Å². The molecule has 0 saturated carbocycles. The smallest absolute Gasteiger partial charge is 0.232 e. The monoisotopic (exact) mass is 207 g/mol. The van der Waals surface area contributed by atoms with E-state index in [-0.39, 0.29) is 0 Å². The van der Waals surface area contributed by atoms with Crippen molar-refractivity contribution in [2.24, 2.45) is 0 Å². The van der Waals surface area contributed by atoms with Crippen molar-refractivity contribution >= 4 is 11.5 Å². The maximum atomic E-state index is 5.18. The molecule has 0 spiro atoms. The van der Waals surface area contributed by atoms with Crippen LogP contribution in [0.4, 0.5) is 5.88 Å². The second kappa shape index (κ2) is 4.49. The highest BCUT2D eigenvalue weighted by Gasteiger charge is 2.19. The van der Waals surface area contributed by atoms with Crippen LogP contribution in [0.1, 0.15) is 25.8 Å². The Kier molecular flexibility index (Phi) is 3.06. The van der Waals surface area contributed by atoms with E-state index in [0.29, 0.717) is 6.04 Å². The zero-order chi connectivity index (χ0) is 10.7. The van der Waals surface area contributed by atoms with Crippen LogP contribution in [0.25, 0.3) is 5.57 Å². The number of nitrogens with zero attached hydrogens (tertiary/aromatic N) is 1. The lowest BCUT2D eigenvalue weighted by Gasteiger charge is -2.21. The lowest BCUT2D eigenvalue weighted by molar-refractivity contribution is 0.432. The van der Waals surface area contributed by atoms with Crippen molar-refractivity contribution in [2.45, 2.75) is 26.3 Å². The van der Waals surface area contributed by atoms with Crippen molar-refractivity contribution in [3.8, 4) is 0 Å². The highest BCUT2D eigenvalue weighted by molar-refractivity contribution is 5.76. The molecule has 1 aromatic rings. The van der Waals surface area contributed by atoms with Crippen LogP contribution in [0.2, 0.25) is 0 Å². The Hall–Kier alpha value is -1.29. The molecule has 82 valence electrons. The van der Waals surface area contributed by atoms with Gasteiger partial charge in [-0.05, 0) is 32.4 Å². The minimum Gasteiger partial charge on any atom is -0.354 e. The van der Waals surface area contributed by atoms with Gasteiger partial charge in [-0.25, -0.2) is 0 Å². The van der Waals surface area contributed by atoms with Gasteiger partial charge in [-0.1, -0.05) is 11.2 Å². The molecule has 1 aromatic heterocycles. The first kappa shape index (κ1) is 10.2. The summed E-state index contributed by atoms with van der Waals surface area (Å²) in [7, 11) is 0. The number of aromatic nitrogens is 1. The third-order valence-electron chi connectivity index (χ3n) is 2.64. The fraction of sp³-hybridized carbons (Fsp3) is 0.545. The number of nitrogens with one attached hydrogen (secondary N) is 2. The molecule has 0 aliphatic carbocycles. The summed E-state index contributed by atoms with van der Waals surface area (Å²) in [6.07, 6.45) is 5.11. The Morgan fingerprint density at radius 3 is 3.27 bits per heavy atom. The predicted octanol–water partition coefficient (Wildman–Crippen LogP) is 1.87. The summed E-state index contributed by atoms with van der Waals surface area (Å²) in [6.45, 7) is 6.10. The van der Waals surface area contributed by atoms with Gasteiger partial charge in [0.1, 0.15) is 0 Å². The number of anilines is 1. The van der Waals surface area contributed by atoms with Gasteiger partial charge in [-0.3, -0.25) is 0 Å². The van der Waals surface area contributed by atoms with Crippen LogP contribution in [0.15, 0.2) is 16.8 Å². The first-order chi connectivity index (χ1) is 7.33. The molecule has 2 N–H and O–H groups in total. The van der Waals surface area contributed by atoms with Crippen LogP contribution in [0.5, 0.6) is 0 Å². The van der Waals surface area contributed by atoms with Gasteiger partial charge in [0, 0.05) is 12.6 Å². The highest BCUT2D eigenvalue weighted by atomic mass is 16.5. The molecule has 4 nitrogen and oxygen atoms in total. The molecule has 0 saturated heterocycles. The van der Waals surface area contributed by atoms with E-state index in [1.54, 1.807) is 6.20 Å². The van der Waals surface area contributed by atoms with Gasteiger partial charge in [0.05, 0.1) is 11.8 Å². The molecule has 0 aromatic carbocycles. The lowest BCUT2D eigenvalue weighted by atomic mass is 9.98. The number of rotatable bonds is 3. The molecule has 1 atom stereocenters. The average molecular weight is 207 g/mol. The SMILES string of the molecule is CCNc1oncc1C1=CCCNC1C. The minimum absolute atomic E-state index is 0.371. The molecule has 0 amide bonds. The molecule has 0 bridgehead atoms. The van der Waals surface area contributed by atoms with Gasteiger partial charge in [-0.2, -0.15) is 0 Å².